The van der Waals surface area contributed by atoms with Gasteiger partial charge in [0.15, 0.2) is 0 Å². The fourth-order valence-corrected chi connectivity index (χ4v) is 7.89. The van der Waals surface area contributed by atoms with Crippen molar-refractivity contribution in [2.45, 2.75) is 19.8 Å². The van der Waals surface area contributed by atoms with Crippen molar-refractivity contribution in [2.75, 3.05) is 47.7 Å². The molecule has 0 radical (unpaired) electrons. The molecule has 0 amide bonds. The number of hydrogen-bond acceptors (Lipinski definition) is 6. The van der Waals surface area contributed by atoms with Crippen molar-refractivity contribution in [3.8, 4) is 5.75 Å². The first-order valence-corrected chi connectivity index (χ1v) is 15.4. The first-order chi connectivity index (χ1) is 19.1. The highest BCUT2D eigenvalue weighted by atomic mass is 32.2. The Bertz CT molecular complexity index is 1530. The Kier molecular flexibility index (Phi) is 8.25. The number of thiophene rings is 1. The maximum absolute atomic E-state index is 13.9. The average Bonchev–Trinajstić information content (AvgIpc) is 3.27. The van der Waals surface area contributed by atoms with Gasteiger partial charge in [-0.2, -0.15) is 0 Å². The Balaban J connectivity index is 1.33. The van der Waals surface area contributed by atoms with Crippen LogP contribution in [0.25, 0.3) is 10.1 Å². The van der Waals surface area contributed by atoms with Crippen LogP contribution in [0.5, 0.6) is 5.75 Å². The molecule has 1 aromatic heterocycles. The van der Waals surface area contributed by atoms with E-state index < -0.39 is 16.4 Å². The molecule has 2 heterocycles. The summed E-state index contributed by atoms with van der Waals surface area (Å²) in [5.74, 6) is -0.417. The molecule has 3 aromatic carbocycles. The molecular weight excluding hydrogens is 559 g/mol. The van der Waals surface area contributed by atoms with E-state index in [1.54, 1.807) is 0 Å². The van der Waals surface area contributed by atoms with Crippen molar-refractivity contribution in [3.05, 3.63) is 90.0 Å². The second kappa shape index (κ2) is 11.7. The molecule has 212 valence electrons. The first kappa shape index (κ1) is 28.3. The summed E-state index contributed by atoms with van der Waals surface area (Å²) in [6, 6.07) is 23.3. The molecule has 0 unspecified atom stereocenters. The van der Waals surface area contributed by atoms with Gasteiger partial charge in [-0.1, -0.05) is 48.5 Å². The van der Waals surface area contributed by atoms with Crippen LogP contribution in [0.3, 0.4) is 0 Å². The third-order valence-electron chi connectivity index (χ3n) is 7.02. The SMILES string of the molecule is Cc1c(N(Cc2ccc(OC(F)(F)F)cc2)S(=O)(=O)CCN2CCN(c3ccccc3)CC2)sc2ccccc12. The number of halogens is 3. The molecule has 6 nitrogen and oxygen atoms in total. The van der Waals surface area contributed by atoms with Crippen LogP contribution in [-0.2, 0) is 16.6 Å². The van der Waals surface area contributed by atoms with Gasteiger partial charge in [-0.3, -0.25) is 9.21 Å². The van der Waals surface area contributed by atoms with Gasteiger partial charge in [0.2, 0.25) is 10.0 Å². The molecule has 0 saturated carbocycles. The van der Waals surface area contributed by atoms with Crippen LogP contribution in [0.4, 0.5) is 23.9 Å². The van der Waals surface area contributed by atoms with Crippen LogP contribution >= 0.6 is 11.3 Å². The summed E-state index contributed by atoms with van der Waals surface area (Å²) in [5, 5.41) is 1.60. The number of para-hydroxylation sites is 1. The number of benzene rings is 3. The quantitative estimate of drug-likeness (QED) is 0.231. The van der Waals surface area contributed by atoms with Crippen molar-refractivity contribution in [1.82, 2.24) is 4.90 Å². The highest BCUT2D eigenvalue weighted by Crippen LogP contribution is 2.39. The molecule has 1 saturated heterocycles. The number of fused-ring (bicyclic) bond motifs is 1. The van der Waals surface area contributed by atoms with E-state index in [4.69, 9.17) is 0 Å². The Morgan fingerprint density at radius 1 is 0.900 bits per heavy atom. The lowest BCUT2D eigenvalue weighted by Gasteiger charge is -2.36. The molecule has 0 N–H and O–H groups in total. The zero-order chi connectivity index (χ0) is 28.3. The van der Waals surface area contributed by atoms with Crippen LogP contribution < -0.4 is 13.9 Å². The topological polar surface area (TPSA) is 53.1 Å². The predicted molar refractivity (Wildman–Crippen MR) is 155 cm³/mol. The zero-order valence-corrected chi connectivity index (χ0v) is 23.6. The molecule has 0 spiro atoms. The summed E-state index contributed by atoms with van der Waals surface area (Å²) in [6.07, 6.45) is -4.79. The van der Waals surface area contributed by atoms with E-state index in [2.05, 4.69) is 26.7 Å². The number of piperazine rings is 1. The fraction of sp³-hybridized carbons (Fsp3) is 0.310. The molecular formula is C29H30F3N3O3S2. The monoisotopic (exact) mass is 589 g/mol. The number of hydrogen-bond donors (Lipinski definition) is 0. The second-order valence-electron chi connectivity index (χ2n) is 9.71. The highest BCUT2D eigenvalue weighted by molar-refractivity contribution is 7.93. The number of alkyl halides is 3. The number of aryl methyl sites for hydroxylation is 1. The molecule has 0 atom stereocenters. The highest BCUT2D eigenvalue weighted by Gasteiger charge is 2.31. The van der Waals surface area contributed by atoms with Gasteiger partial charge in [0.05, 0.1) is 12.3 Å². The lowest BCUT2D eigenvalue weighted by atomic mass is 10.2. The van der Waals surface area contributed by atoms with Crippen LogP contribution in [0.1, 0.15) is 11.1 Å². The molecule has 1 aliphatic rings. The minimum atomic E-state index is -4.79. The van der Waals surface area contributed by atoms with Gasteiger partial charge in [-0.25, -0.2) is 8.42 Å². The summed E-state index contributed by atoms with van der Waals surface area (Å²) >= 11 is 1.40. The minimum Gasteiger partial charge on any atom is -0.406 e. The summed E-state index contributed by atoms with van der Waals surface area (Å²) < 4.78 is 71.9. The fourth-order valence-electron chi connectivity index (χ4n) is 4.88. The third-order valence-corrected chi connectivity index (χ3v) is 10.1. The maximum atomic E-state index is 13.9. The van der Waals surface area contributed by atoms with Crippen molar-refractivity contribution in [1.29, 1.82) is 0 Å². The molecule has 0 aliphatic carbocycles. The predicted octanol–water partition coefficient (Wildman–Crippen LogP) is 6.27. The van der Waals surface area contributed by atoms with Crippen molar-refractivity contribution >= 4 is 42.1 Å². The standard InChI is InChI=1S/C29H30F3N3O3S2/c1-22-26-9-5-6-10-27(26)39-28(22)35(21-23-11-13-25(14-12-23)38-29(30,31)32)40(36,37)20-19-33-15-17-34(18-16-33)24-7-3-2-4-8-24/h2-14H,15-21H2,1H3. The molecule has 1 fully saturated rings. The molecule has 0 bridgehead atoms. The summed E-state index contributed by atoms with van der Waals surface area (Å²) in [5.41, 5.74) is 2.58. The van der Waals surface area contributed by atoms with Crippen LogP contribution in [0.15, 0.2) is 78.9 Å². The van der Waals surface area contributed by atoms with Gasteiger partial charge >= 0.3 is 6.36 Å². The Morgan fingerprint density at radius 2 is 1.55 bits per heavy atom. The van der Waals surface area contributed by atoms with E-state index in [0.29, 0.717) is 17.1 Å². The van der Waals surface area contributed by atoms with E-state index in [0.717, 1.165) is 47.5 Å². The van der Waals surface area contributed by atoms with E-state index in [1.807, 2.05) is 49.4 Å². The number of anilines is 2. The van der Waals surface area contributed by atoms with Crippen LogP contribution in [0, 0.1) is 6.92 Å². The Morgan fingerprint density at radius 3 is 2.20 bits per heavy atom. The molecule has 40 heavy (non-hydrogen) atoms. The first-order valence-electron chi connectivity index (χ1n) is 12.9. The number of sulfonamides is 1. The number of rotatable bonds is 9. The van der Waals surface area contributed by atoms with Gasteiger partial charge in [0.25, 0.3) is 0 Å². The molecule has 5 rings (SSSR count). The minimum absolute atomic E-state index is 0.00405. The smallest absolute Gasteiger partial charge is 0.406 e. The number of ether oxygens (including phenoxy) is 1. The number of nitrogens with zero attached hydrogens (tertiary/aromatic N) is 3. The van der Waals surface area contributed by atoms with Crippen LogP contribution in [-0.4, -0.2) is 58.2 Å². The summed E-state index contributed by atoms with van der Waals surface area (Å²) in [7, 11) is -3.77. The van der Waals surface area contributed by atoms with E-state index in [9.17, 15) is 21.6 Å². The Hall–Kier alpha value is -3.28. The van der Waals surface area contributed by atoms with E-state index in [1.165, 1.54) is 39.9 Å². The summed E-state index contributed by atoms with van der Waals surface area (Å²) in [4.78, 5) is 4.46. The van der Waals surface area contributed by atoms with Crippen molar-refractivity contribution in [3.63, 3.8) is 0 Å². The van der Waals surface area contributed by atoms with E-state index in [-0.39, 0.29) is 18.0 Å². The summed E-state index contributed by atoms with van der Waals surface area (Å²) in [6.45, 7) is 5.44. The molecule has 1 aliphatic heterocycles. The zero-order valence-electron chi connectivity index (χ0n) is 22.0. The van der Waals surface area contributed by atoms with Crippen molar-refractivity contribution < 1.29 is 26.3 Å². The molecule has 11 heteroatoms. The third kappa shape index (κ3) is 6.71. The van der Waals surface area contributed by atoms with Crippen molar-refractivity contribution in [2.24, 2.45) is 0 Å². The van der Waals surface area contributed by atoms with Gasteiger partial charge in [-0.05, 0) is 53.8 Å². The van der Waals surface area contributed by atoms with Gasteiger partial charge in [0.1, 0.15) is 10.8 Å². The lowest BCUT2D eigenvalue weighted by molar-refractivity contribution is -0.274. The molecule has 4 aromatic rings. The maximum Gasteiger partial charge on any atom is 0.573 e. The van der Waals surface area contributed by atoms with Gasteiger partial charge < -0.3 is 9.64 Å². The van der Waals surface area contributed by atoms with Gasteiger partial charge in [0, 0.05) is 43.1 Å². The second-order valence-corrected chi connectivity index (χ2v) is 12.8. The van der Waals surface area contributed by atoms with Gasteiger partial charge in [-0.15, -0.1) is 24.5 Å². The average molecular weight is 590 g/mol. The van der Waals surface area contributed by atoms with Crippen LogP contribution in [0.2, 0.25) is 0 Å². The Labute approximate surface area is 236 Å². The normalized spacial score (nSPS) is 14.9. The largest absolute Gasteiger partial charge is 0.573 e. The van der Waals surface area contributed by atoms with E-state index >= 15 is 0 Å². The lowest BCUT2D eigenvalue weighted by Crippen LogP contribution is -2.48.